The second-order valence-corrected chi connectivity index (χ2v) is 10.5. The number of carbonyl (C=O) groups is 2. The van der Waals surface area contributed by atoms with Crippen molar-refractivity contribution in [1.29, 1.82) is 0 Å². The van der Waals surface area contributed by atoms with Gasteiger partial charge in [-0.25, -0.2) is 0 Å². The van der Waals surface area contributed by atoms with E-state index in [4.69, 9.17) is 16.3 Å². The Hall–Kier alpha value is -2.87. The van der Waals surface area contributed by atoms with Crippen LogP contribution in [-0.2, 0) is 9.59 Å². The maximum absolute atomic E-state index is 14.0. The first-order valence-electron chi connectivity index (χ1n) is 12.2. The SMILES string of the molecule is CC(C)C[C@H]1CN(C(=O)[C@H](c2cccs2)N(C(=O)CCl)c2ccc(Oc3ccccc3)cc2)CCN1. The van der Waals surface area contributed by atoms with Gasteiger partial charge in [-0.15, -0.1) is 22.9 Å². The second kappa shape index (κ2) is 12.4. The van der Waals surface area contributed by atoms with Crippen molar-refractivity contribution < 1.29 is 14.3 Å². The van der Waals surface area contributed by atoms with Gasteiger partial charge in [0, 0.05) is 36.2 Å². The van der Waals surface area contributed by atoms with Crippen molar-refractivity contribution in [3.05, 3.63) is 77.0 Å². The number of alkyl halides is 1. The van der Waals surface area contributed by atoms with Crippen LogP contribution in [0.1, 0.15) is 31.2 Å². The number of nitrogens with one attached hydrogen (secondary N) is 1. The molecule has 0 unspecified atom stereocenters. The summed E-state index contributed by atoms with van der Waals surface area (Å²) in [6, 6.07) is 20.0. The average Bonchev–Trinajstić information content (AvgIpc) is 3.42. The van der Waals surface area contributed by atoms with Gasteiger partial charge < -0.3 is 15.0 Å². The molecule has 2 aromatic carbocycles. The summed E-state index contributed by atoms with van der Waals surface area (Å²) in [6.07, 6.45) is 0.987. The first-order valence-corrected chi connectivity index (χ1v) is 13.6. The molecular weight excluding hydrogens is 494 g/mol. The normalized spacial score (nSPS) is 16.6. The van der Waals surface area contributed by atoms with Crippen molar-refractivity contribution in [3.8, 4) is 11.5 Å². The van der Waals surface area contributed by atoms with E-state index in [2.05, 4.69) is 19.2 Å². The molecule has 2 amide bonds. The molecule has 190 valence electrons. The Bertz CT molecular complexity index is 1120. The highest BCUT2D eigenvalue weighted by molar-refractivity contribution is 7.10. The first kappa shape index (κ1) is 26.2. The number of amides is 2. The quantitative estimate of drug-likeness (QED) is 0.364. The monoisotopic (exact) mass is 525 g/mol. The van der Waals surface area contributed by atoms with Crippen molar-refractivity contribution in [2.24, 2.45) is 5.92 Å². The topological polar surface area (TPSA) is 61.9 Å². The number of piperazine rings is 1. The molecule has 1 N–H and O–H groups in total. The Morgan fingerprint density at radius 2 is 1.81 bits per heavy atom. The molecule has 6 nitrogen and oxygen atoms in total. The minimum Gasteiger partial charge on any atom is -0.457 e. The van der Waals surface area contributed by atoms with Crippen molar-refractivity contribution in [2.45, 2.75) is 32.4 Å². The van der Waals surface area contributed by atoms with Crippen molar-refractivity contribution in [3.63, 3.8) is 0 Å². The Labute approximate surface area is 221 Å². The van der Waals surface area contributed by atoms with Crippen LogP contribution in [0.25, 0.3) is 0 Å². The highest BCUT2D eigenvalue weighted by atomic mass is 35.5. The summed E-state index contributed by atoms with van der Waals surface area (Å²) in [5.74, 6) is 1.25. The molecule has 1 saturated heterocycles. The number of benzene rings is 2. The minimum atomic E-state index is -0.782. The number of thiophene rings is 1. The minimum absolute atomic E-state index is 0.0872. The number of halogens is 1. The van der Waals surface area contributed by atoms with Gasteiger partial charge in [-0.2, -0.15) is 0 Å². The van der Waals surface area contributed by atoms with E-state index in [1.54, 1.807) is 24.3 Å². The Morgan fingerprint density at radius 3 is 2.44 bits per heavy atom. The average molecular weight is 526 g/mol. The van der Waals surface area contributed by atoms with Crippen LogP contribution in [0.4, 0.5) is 5.69 Å². The molecule has 8 heteroatoms. The third kappa shape index (κ3) is 6.46. The zero-order chi connectivity index (χ0) is 25.5. The lowest BCUT2D eigenvalue weighted by atomic mass is 10.0. The number of rotatable bonds is 9. The van der Waals surface area contributed by atoms with Crippen molar-refractivity contribution in [2.75, 3.05) is 30.4 Å². The number of nitrogens with zero attached hydrogens (tertiary/aromatic N) is 2. The number of hydrogen-bond acceptors (Lipinski definition) is 5. The molecule has 0 aliphatic carbocycles. The standard InChI is InChI=1S/C28H32ClN3O3S/c1-20(2)17-21-19-31(15-14-30-21)28(34)27(25-9-6-16-36-25)32(26(33)18-29)22-10-12-24(13-11-22)35-23-7-4-3-5-8-23/h3-13,16,20-21,27,30H,14-15,17-19H2,1-2H3/t21-,27-/m0/s1. The molecular formula is C28H32ClN3O3S. The Kier molecular flexibility index (Phi) is 9.02. The van der Waals surface area contributed by atoms with Gasteiger partial charge >= 0.3 is 0 Å². The lowest BCUT2D eigenvalue weighted by Crippen LogP contribution is -2.56. The smallest absolute Gasteiger partial charge is 0.251 e. The molecule has 36 heavy (non-hydrogen) atoms. The van der Waals surface area contributed by atoms with E-state index >= 15 is 0 Å². The lowest BCUT2D eigenvalue weighted by Gasteiger charge is -2.39. The third-order valence-corrected chi connectivity index (χ3v) is 7.26. The van der Waals surface area contributed by atoms with Crippen molar-refractivity contribution >= 4 is 40.4 Å². The largest absolute Gasteiger partial charge is 0.457 e. The predicted octanol–water partition coefficient (Wildman–Crippen LogP) is 5.70. The fourth-order valence-corrected chi connectivity index (χ4v) is 5.47. The number of hydrogen-bond donors (Lipinski definition) is 1. The van der Waals surface area contributed by atoms with Gasteiger partial charge in [0.25, 0.3) is 5.91 Å². The fourth-order valence-electron chi connectivity index (χ4n) is 4.53. The molecule has 0 radical (unpaired) electrons. The Morgan fingerprint density at radius 1 is 1.08 bits per heavy atom. The van der Waals surface area contributed by atoms with E-state index in [0.717, 1.165) is 23.6 Å². The molecule has 4 rings (SSSR count). The maximum Gasteiger partial charge on any atom is 0.251 e. The highest BCUT2D eigenvalue weighted by Gasteiger charge is 2.37. The van der Waals surface area contributed by atoms with Gasteiger partial charge in [0.15, 0.2) is 0 Å². The summed E-state index contributed by atoms with van der Waals surface area (Å²) in [4.78, 5) is 31.4. The van der Waals surface area contributed by atoms with Gasteiger partial charge in [-0.1, -0.05) is 38.1 Å². The maximum atomic E-state index is 14.0. The van der Waals surface area contributed by atoms with Crippen LogP contribution in [0.5, 0.6) is 11.5 Å². The zero-order valence-electron chi connectivity index (χ0n) is 20.6. The van der Waals surface area contributed by atoms with Gasteiger partial charge in [-0.3, -0.25) is 14.5 Å². The number of carbonyl (C=O) groups excluding carboxylic acids is 2. The number of ether oxygens (including phenoxy) is 1. The molecule has 1 aliphatic rings. The summed E-state index contributed by atoms with van der Waals surface area (Å²) >= 11 is 7.53. The lowest BCUT2D eigenvalue weighted by molar-refractivity contribution is -0.135. The first-order chi connectivity index (χ1) is 17.5. The summed E-state index contributed by atoms with van der Waals surface area (Å²) in [6.45, 7) is 6.31. The third-order valence-electron chi connectivity index (χ3n) is 6.10. The molecule has 1 aliphatic heterocycles. The highest BCUT2D eigenvalue weighted by Crippen LogP contribution is 2.34. The van der Waals surface area contributed by atoms with Gasteiger partial charge in [0.05, 0.1) is 0 Å². The molecule has 2 atom stereocenters. The molecule has 0 saturated carbocycles. The van der Waals surface area contributed by atoms with Crippen LogP contribution in [-0.4, -0.2) is 48.3 Å². The molecule has 2 heterocycles. The van der Waals surface area contributed by atoms with E-state index in [1.165, 1.54) is 16.2 Å². The van der Waals surface area contributed by atoms with Crippen LogP contribution in [0.3, 0.4) is 0 Å². The molecule has 1 fully saturated rings. The van der Waals surface area contributed by atoms with Gasteiger partial charge in [0.2, 0.25) is 5.91 Å². The van der Waals surface area contributed by atoms with E-state index in [9.17, 15) is 9.59 Å². The Balaban J connectivity index is 1.63. The summed E-state index contributed by atoms with van der Waals surface area (Å²) in [5, 5.41) is 5.45. The fraction of sp³-hybridized carbons (Fsp3) is 0.357. The molecule has 3 aromatic rings. The van der Waals surface area contributed by atoms with Crippen molar-refractivity contribution in [1.82, 2.24) is 10.2 Å². The van der Waals surface area contributed by atoms with E-state index in [1.807, 2.05) is 52.7 Å². The van der Waals surface area contributed by atoms with E-state index in [0.29, 0.717) is 30.4 Å². The van der Waals surface area contributed by atoms with E-state index < -0.39 is 6.04 Å². The van der Waals surface area contributed by atoms with E-state index in [-0.39, 0.29) is 23.7 Å². The van der Waals surface area contributed by atoms with Crippen LogP contribution in [0, 0.1) is 5.92 Å². The van der Waals surface area contributed by atoms with Crippen LogP contribution >= 0.6 is 22.9 Å². The summed E-state index contributed by atoms with van der Waals surface area (Å²) < 4.78 is 5.91. The molecule has 1 aromatic heterocycles. The molecule has 0 bridgehead atoms. The zero-order valence-corrected chi connectivity index (χ0v) is 22.2. The van der Waals surface area contributed by atoms with Gasteiger partial charge in [0.1, 0.15) is 23.4 Å². The molecule has 0 spiro atoms. The predicted molar refractivity (Wildman–Crippen MR) is 146 cm³/mol. The van der Waals surface area contributed by atoms with Crippen LogP contribution < -0.4 is 15.0 Å². The van der Waals surface area contributed by atoms with Crippen LogP contribution in [0.15, 0.2) is 72.1 Å². The van der Waals surface area contributed by atoms with Crippen LogP contribution in [0.2, 0.25) is 0 Å². The van der Waals surface area contributed by atoms with Gasteiger partial charge in [-0.05, 0) is 60.2 Å². The second-order valence-electron chi connectivity index (χ2n) is 9.29. The number of para-hydroxylation sites is 1. The number of anilines is 1. The summed E-state index contributed by atoms with van der Waals surface area (Å²) in [7, 11) is 0. The summed E-state index contributed by atoms with van der Waals surface area (Å²) in [5.41, 5.74) is 0.599.